The second-order valence-corrected chi connectivity index (χ2v) is 4.18. The number of benzene rings is 1. The van der Waals surface area contributed by atoms with Crippen molar-refractivity contribution in [3.8, 4) is 11.8 Å². The van der Waals surface area contributed by atoms with Gasteiger partial charge in [-0.2, -0.15) is 5.26 Å². The molecule has 0 radical (unpaired) electrons. The van der Waals surface area contributed by atoms with Gasteiger partial charge in [0.25, 0.3) is 0 Å². The first-order chi connectivity index (χ1) is 8.72. The molecule has 0 aliphatic heterocycles. The maximum atomic E-state index is 11.9. The number of carbonyl (C=O) groups excluding carboxylic acids is 1. The molecule has 1 atom stereocenters. The van der Waals surface area contributed by atoms with Gasteiger partial charge in [0.15, 0.2) is 5.78 Å². The predicted molar refractivity (Wildman–Crippen MR) is 70.6 cm³/mol. The van der Waals surface area contributed by atoms with Gasteiger partial charge in [-0.1, -0.05) is 20.3 Å². The first-order valence-electron chi connectivity index (χ1n) is 6.39. The van der Waals surface area contributed by atoms with Crippen LogP contribution in [0.5, 0.6) is 5.75 Å². The van der Waals surface area contributed by atoms with Crippen LogP contribution >= 0.6 is 0 Å². The monoisotopic (exact) mass is 245 g/mol. The number of unbranched alkanes of at least 4 members (excludes halogenated alkanes) is 1. The Morgan fingerprint density at radius 3 is 2.50 bits per heavy atom. The molecule has 1 aromatic rings. The van der Waals surface area contributed by atoms with Crippen LogP contribution in [0.4, 0.5) is 0 Å². The molecule has 0 aliphatic carbocycles. The highest BCUT2D eigenvalue weighted by molar-refractivity contribution is 5.99. The zero-order valence-electron chi connectivity index (χ0n) is 11.0. The molecule has 96 valence electrons. The predicted octanol–water partition coefficient (Wildman–Crippen LogP) is 3.60. The van der Waals surface area contributed by atoms with Crippen molar-refractivity contribution in [2.24, 2.45) is 5.92 Å². The van der Waals surface area contributed by atoms with E-state index in [4.69, 9.17) is 10.00 Å². The maximum Gasteiger partial charge on any atom is 0.179 e. The Bertz CT molecular complexity index is 417. The third-order valence-electron chi connectivity index (χ3n) is 2.79. The van der Waals surface area contributed by atoms with Crippen molar-refractivity contribution >= 4 is 5.78 Å². The SMILES string of the molecule is CCCCOc1ccc(C(=O)C(C#N)CC)cc1. The molecule has 0 amide bonds. The number of hydrogen-bond acceptors (Lipinski definition) is 3. The van der Waals surface area contributed by atoms with Crippen LogP contribution in [-0.2, 0) is 0 Å². The van der Waals surface area contributed by atoms with Gasteiger partial charge in [0, 0.05) is 5.56 Å². The highest BCUT2D eigenvalue weighted by Gasteiger charge is 2.17. The Labute approximate surface area is 108 Å². The minimum atomic E-state index is -0.545. The van der Waals surface area contributed by atoms with Crippen LogP contribution in [0.2, 0.25) is 0 Å². The van der Waals surface area contributed by atoms with Crippen LogP contribution in [0.1, 0.15) is 43.5 Å². The van der Waals surface area contributed by atoms with Crippen LogP contribution in [0.15, 0.2) is 24.3 Å². The second-order valence-electron chi connectivity index (χ2n) is 4.18. The summed E-state index contributed by atoms with van der Waals surface area (Å²) in [6.45, 7) is 4.64. The topological polar surface area (TPSA) is 50.1 Å². The number of rotatable bonds is 7. The summed E-state index contributed by atoms with van der Waals surface area (Å²) in [4.78, 5) is 11.9. The average molecular weight is 245 g/mol. The van der Waals surface area contributed by atoms with E-state index < -0.39 is 5.92 Å². The first-order valence-corrected chi connectivity index (χ1v) is 6.39. The summed E-state index contributed by atoms with van der Waals surface area (Å²) in [6, 6.07) is 9.05. The van der Waals surface area contributed by atoms with Gasteiger partial charge in [-0.15, -0.1) is 0 Å². The van der Waals surface area contributed by atoms with Gasteiger partial charge in [-0.05, 0) is 37.1 Å². The summed E-state index contributed by atoms with van der Waals surface area (Å²) in [7, 11) is 0. The third-order valence-corrected chi connectivity index (χ3v) is 2.79. The van der Waals surface area contributed by atoms with Gasteiger partial charge in [-0.3, -0.25) is 4.79 Å². The van der Waals surface area contributed by atoms with Crippen LogP contribution in [-0.4, -0.2) is 12.4 Å². The van der Waals surface area contributed by atoms with Gasteiger partial charge in [-0.25, -0.2) is 0 Å². The molecule has 0 fully saturated rings. The normalized spacial score (nSPS) is 11.6. The van der Waals surface area contributed by atoms with Gasteiger partial charge >= 0.3 is 0 Å². The fourth-order valence-electron chi connectivity index (χ4n) is 1.59. The fraction of sp³-hybridized carbons (Fsp3) is 0.467. The smallest absolute Gasteiger partial charge is 0.179 e. The number of carbonyl (C=O) groups is 1. The first kappa shape index (κ1) is 14.2. The minimum Gasteiger partial charge on any atom is -0.494 e. The molecule has 1 unspecified atom stereocenters. The number of Topliss-reactive ketones (excluding diaryl/α,β-unsaturated/α-hetero) is 1. The molecule has 3 heteroatoms. The van der Waals surface area contributed by atoms with E-state index in [-0.39, 0.29) is 5.78 Å². The molecule has 3 nitrogen and oxygen atoms in total. The Kier molecular flexibility index (Phi) is 5.93. The number of nitriles is 1. The van der Waals surface area contributed by atoms with Crippen molar-refractivity contribution < 1.29 is 9.53 Å². The quantitative estimate of drug-likeness (QED) is 0.544. The van der Waals surface area contributed by atoms with E-state index in [1.54, 1.807) is 24.3 Å². The lowest BCUT2D eigenvalue weighted by Crippen LogP contribution is -2.11. The molecule has 0 heterocycles. The molecule has 0 aliphatic rings. The van der Waals surface area contributed by atoms with Crippen LogP contribution in [0.3, 0.4) is 0 Å². The molecule has 0 saturated heterocycles. The van der Waals surface area contributed by atoms with E-state index in [0.717, 1.165) is 18.6 Å². The van der Waals surface area contributed by atoms with Crippen molar-refractivity contribution in [2.45, 2.75) is 33.1 Å². The second kappa shape index (κ2) is 7.50. The summed E-state index contributed by atoms with van der Waals surface area (Å²) in [5.74, 6) is 0.113. The molecule has 0 saturated carbocycles. The molecule has 1 rings (SSSR count). The van der Waals surface area contributed by atoms with Gasteiger partial charge < -0.3 is 4.74 Å². The highest BCUT2D eigenvalue weighted by atomic mass is 16.5. The number of nitrogens with zero attached hydrogens (tertiary/aromatic N) is 1. The van der Waals surface area contributed by atoms with Crippen LogP contribution < -0.4 is 4.74 Å². The molecule has 0 spiro atoms. The van der Waals surface area contributed by atoms with Crippen molar-refractivity contribution in [3.05, 3.63) is 29.8 Å². The molecular formula is C15H19NO2. The van der Waals surface area contributed by atoms with Crippen molar-refractivity contribution in [1.82, 2.24) is 0 Å². The van der Waals surface area contributed by atoms with Crippen LogP contribution in [0, 0.1) is 17.2 Å². The van der Waals surface area contributed by atoms with Crippen LogP contribution in [0.25, 0.3) is 0 Å². The summed E-state index contributed by atoms with van der Waals surface area (Å²) >= 11 is 0. The molecular weight excluding hydrogens is 226 g/mol. The Hall–Kier alpha value is -1.82. The van der Waals surface area contributed by atoms with E-state index in [9.17, 15) is 4.79 Å². The van der Waals surface area contributed by atoms with Gasteiger partial charge in [0.2, 0.25) is 0 Å². The fourth-order valence-corrected chi connectivity index (χ4v) is 1.59. The Morgan fingerprint density at radius 1 is 1.33 bits per heavy atom. The van der Waals surface area contributed by atoms with E-state index in [1.807, 2.05) is 13.0 Å². The Balaban J connectivity index is 2.65. The summed E-state index contributed by atoms with van der Waals surface area (Å²) in [5.41, 5.74) is 0.575. The highest BCUT2D eigenvalue weighted by Crippen LogP contribution is 2.16. The summed E-state index contributed by atoms with van der Waals surface area (Å²) in [5, 5.41) is 8.86. The standard InChI is InChI=1S/C15H19NO2/c1-3-5-10-18-14-8-6-13(7-9-14)15(17)12(4-2)11-16/h6-9,12H,3-5,10H2,1-2H3. The lowest BCUT2D eigenvalue weighted by atomic mass is 9.97. The lowest BCUT2D eigenvalue weighted by molar-refractivity contribution is 0.0946. The molecule has 0 bridgehead atoms. The molecule has 0 aromatic heterocycles. The summed E-state index contributed by atoms with van der Waals surface area (Å²) in [6.07, 6.45) is 2.66. The molecule has 18 heavy (non-hydrogen) atoms. The molecule has 0 N–H and O–H groups in total. The number of ether oxygens (including phenoxy) is 1. The Morgan fingerprint density at radius 2 is 2.00 bits per heavy atom. The third kappa shape index (κ3) is 3.89. The van der Waals surface area contributed by atoms with Crippen molar-refractivity contribution in [3.63, 3.8) is 0 Å². The van der Waals surface area contributed by atoms with E-state index in [1.165, 1.54) is 0 Å². The largest absolute Gasteiger partial charge is 0.494 e. The number of hydrogen-bond donors (Lipinski definition) is 0. The number of ketones is 1. The zero-order chi connectivity index (χ0) is 13.4. The molecule has 1 aromatic carbocycles. The summed E-state index contributed by atoms with van der Waals surface area (Å²) < 4.78 is 5.52. The van der Waals surface area contributed by atoms with Crippen molar-refractivity contribution in [1.29, 1.82) is 5.26 Å². The van der Waals surface area contributed by atoms with Gasteiger partial charge in [0.05, 0.1) is 12.7 Å². The maximum absolute atomic E-state index is 11.9. The van der Waals surface area contributed by atoms with E-state index in [2.05, 4.69) is 6.92 Å². The van der Waals surface area contributed by atoms with Gasteiger partial charge in [0.1, 0.15) is 11.7 Å². The van der Waals surface area contributed by atoms with E-state index in [0.29, 0.717) is 18.6 Å². The van der Waals surface area contributed by atoms with Crippen molar-refractivity contribution in [2.75, 3.05) is 6.61 Å². The minimum absolute atomic E-state index is 0.111. The lowest BCUT2D eigenvalue weighted by Gasteiger charge is -2.07. The van der Waals surface area contributed by atoms with E-state index >= 15 is 0 Å². The zero-order valence-corrected chi connectivity index (χ0v) is 11.0. The average Bonchev–Trinajstić information content (AvgIpc) is 2.41.